The molecule has 0 unspecified atom stereocenters. The van der Waals surface area contributed by atoms with Gasteiger partial charge in [0.25, 0.3) is 5.91 Å². The van der Waals surface area contributed by atoms with Crippen molar-refractivity contribution in [2.24, 2.45) is 0 Å². The number of fused-ring (bicyclic) bond motifs is 1. The highest BCUT2D eigenvalue weighted by atomic mass is 16.4. The fraction of sp³-hybridized carbons (Fsp3) is 0.278. The average molecular weight is 353 g/mol. The third kappa shape index (κ3) is 3.13. The Morgan fingerprint density at radius 3 is 2.27 bits per heavy atom. The van der Waals surface area contributed by atoms with Gasteiger partial charge in [-0.25, -0.2) is 14.8 Å². The van der Waals surface area contributed by atoms with Gasteiger partial charge in [-0.2, -0.15) is 5.10 Å². The highest BCUT2D eigenvalue weighted by molar-refractivity contribution is 5.99. The monoisotopic (exact) mass is 353 g/mol. The summed E-state index contributed by atoms with van der Waals surface area (Å²) in [6.07, 6.45) is 0. The predicted octanol–water partition coefficient (Wildman–Crippen LogP) is 2.14. The van der Waals surface area contributed by atoms with Gasteiger partial charge >= 0.3 is 5.97 Å². The summed E-state index contributed by atoms with van der Waals surface area (Å²) in [7, 11) is 0. The van der Waals surface area contributed by atoms with Crippen molar-refractivity contribution in [3.8, 4) is 0 Å². The normalized spacial score (nSPS) is 12.2. The number of aromatic nitrogens is 4. The Morgan fingerprint density at radius 2 is 1.69 bits per heavy atom. The fourth-order valence-electron chi connectivity index (χ4n) is 2.83. The van der Waals surface area contributed by atoms with E-state index in [2.05, 4.69) is 25.5 Å². The van der Waals surface area contributed by atoms with Crippen molar-refractivity contribution in [2.75, 3.05) is 0 Å². The largest absolute Gasteiger partial charge is 0.479 e. The van der Waals surface area contributed by atoms with Crippen LogP contribution in [0.25, 0.3) is 11.0 Å². The first-order chi connectivity index (χ1) is 12.3. The molecule has 0 radical (unpaired) electrons. The molecule has 2 aromatic heterocycles. The molecule has 0 fully saturated rings. The topological polar surface area (TPSA) is 121 Å². The smallest absolute Gasteiger partial charge is 0.331 e. The number of nitrogens with one attached hydrogen (secondary N) is 2. The third-order valence-electron chi connectivity index (χ3n) is 4.33. The molecule has 0 aliphatic heterocycles. The number of H-pyrrole nitrogens is 1. The molecule has 1 aromatic carbocycles. The van der Waals surface area contributed by atoms with E-state index in [4.69, 9.17) is 0 Å². The zero-order chi connectivity index (χ0) is 19.0. The summed E-state index contributed by atoms with van der Waals surface area (Å²) in [5.74, 6) is -1.66. The Bertz CT molecular complexity index is 1010. The molecule has 2 heterocycles. The van der Waals surface area contributed by atoms with E-state index in [1.54, 1.807) is 32.0 Å². The van der Waals surface area contributed by atoms with Crippen LogP contribution in [-0.2, 0) is 4.79 Å². The molecule has 3 rings (SSSR count). The lowest BCUT2D eigenvalue weighted by Gasteiger charge is -2.15. The minimum atomic E-state index is -1.19. The Balaban J connectivity index is 1.94. The number of carboxylic acids is 1. The Labute approximate surface area is 149 Å². The summed E-state index contributed by atoms with van der Waals surface area (Å²) in [4.78, 5) is 33.2. The van der Waals surface area contributed by atoms with Gasteiger partial charge in [0.2, 0.25) is 0 Å². The maximum absolute atomic E-state index is 12.6. The number of nitrogens with zero attached hydrogens (tertiary/aromatic N) is 3. The number of hydrogen-bond acceptors (Lipinski definition) is 5. The number of rotatable bonds is 4. The van der Waals surface area contributed by atoms with Crippen LogP contribution in [0.15, 0.2) is 18.2 Å². The number of carbonyl (C=O) groups is 2. The summed E-state index contributed by atoms with van der Waals surface area (Å²) >= 11 is 0. The molecule has 134 valence electrons. The van der Waals surface area contributed by atoms with E-state index >= 15 is 0 Å². The van der Waals surface area contributed by atoms with Gasteiger partial charge in [0.1, 0.15) is 0 Å². The van der Waals surface area contributed by atoms with Gasteiger partial charge in [0.05, 0.1) is 28.1 Å². The number of aliphatic carboxylic acids is 1. The van der Waals surface area contributed by atoms with Gasteiger partial charge in [-0.15, -0.1) is 0 Å². The van der Waals surface area contributed by atoms with Crippen molar-refractivity contribution in [2.45, 2.75) is 33.7 Å². The van der Waals surface area contributed by atoms with Gasteiger partial charge in [-0.05, 0) is 45.9 Å². The zero-order valence-corrected chi connectivity index (χ0v) is 14.9. The molecule has 26 heavy (non-hydrogen) atoms. The lowest BCUT2D eigenvalue weighted by molar-refractivity contribution is -0.139. The molecular weight excluding hydrogens is 334 g/mol. The number of aromatic amines is 1. The van der Waals surface area contributed by atoms with E-state index < -0.39 is 17.9 Å². The van der Waals surface area contributed by atoms with Crippen LogP contribution in [0, 0.1) is 27.7 Å². The van der Waals surface area contributed by atoms with Crippen LogP contribution in [0.1, 0.15) is 44.7 Å². The Hall–Kier alpha value is -3.29. The van der Waals surface area contributed by atoms with E-state index in [1.165, 1.54) is 0 Å². The van der Waals surface area contributed by atoms with Crippen LogP contribution in [0.5, 0.6) is 0 Å². The first-order valence-electron chi connectivity index (χ1n) is 8.08. The van der Waals surface area contributed by atoms with Gasteiger partial charge in [-0.1, -0.05) is 0 Å². The van der Waals surface area contributed by atoms with Crippen LogP contribution in [-0.4, -0.2) is 37.1 Å². The Morgan fingerprint density at radius 1 is 1.04 bits per heavy atom. The van der Waals surface area contributed by atoms with Crippen molar-refractivity contribution >= 4 is 22.9 Å². The molecular formula is C18H19N5O3. The number of carbonyl (C=O) groups excluding carboxylic acids is 1. The van der Waals surface area contributed by atoms with Crippen molar-refractivity contribution in [3.63, 3.8) is 0 Å². The first-order valence-corrected chi connectivity index (χ1v) is 8.08. The zero-order valence-electron chi connectivity index (χ0n) is 14.9. The molecule has 1 amide bonds. The molecule has 0 saturated heterocycles. The van der Waals surface area contributed by atoms with E-state index in [1.807, 2.05) is 13.8 Å². The van der Waals surface area contributed by atoms with Crippen molar-refractivity contribution < 1.29 is 14.7 Å². The maximum atomic E-state index is 12.6. The van der Waals surface area contributed by atoms with Gasteiger partial charge < -0.3 is 10.4 Å². The van der Waals surface area contributed by atoms with Crippen molar-refractivity contribution in [3.05, 3.63) is 52.1 Å². The second-order valence-electron chi connectivity index (χ2n) is 6.19. The molecule has 0 spiro atoms. The second-order valence-corrected chi connectivity index (χ2v) is 6.19. The van der Waals surface area contributed by atoms with Crippen LogP contribution in [0.2, 0.25) is 0 Å². The number of benzene rings is 1. The minimum Gasteiger partial charge on any atom is -0.479 e. The molecule has 0 aliphatic carbocycles. The van der Waals surface area contributed by atoms with Crippen LogP contribution in [0.4, 0.5) is 0 Å². The number of hydrogen-bond donors (Lipinski definition) is 3. The summed E-state index contributed by atoms with van der Waals surface area (Å²) in [6, 6.07) is 3.73. The van der Waals surface area contributed by atoms with Crippen LogP contribution in [0.3, 0.4) is 0 Å². The molecule has 1 atom stereocenters. The lowest BCUT2D eigenvalue weighted by Crippen LogP contribution is -2.34. The fourth-order valence-corrected chi connectivity index (χ4v) is 2.83. The Kier molecular flexibility index (Phi) is 4.41. The van der Waals surface area contributed by atoms with Crippen LogP contribution < -0.4 is 5.32 Å². The van der Waals surface area contributed by atoms with Gasteiger partial charge in [0.15, 0.2) is 6.04 Å². The summed E-state index contributed by atoms with van der Waals surface area (Å²) in [5, 5.41) is 18.8. The van der Waals surface area contributed by atoms with E-state index in [0.29, 0.717) is 33.5 Å². The molecule has 3 N–H and O–H groups in total. The van der Waals surface area contributed by atoms with Gasteiger partial charge in [-0.3, -0.25) is 9.89 Å². The molecule has 3 aromatic rings. The minimum absolute atomic E-state index is 0.320. The molecule has 0 saturated carbocycles. The SMILES string of the molecule is Cc1nc2ccc(C(=O)N[C@@H](C(=O)O)c3c(C)n[nH]c3C)cc2nc1C. The van der Waals surface area contributed by atoms with Crippen molar-refractivity contribution in [1.82, 2.24) is 25.5 Å². The first kappa shape index (κ1) is 17.5. The van der Waals surface area contributed by atoms with Gasteiger partial charge in [0, 0.05) is 16.8 Å². The molecule has 0 aliphatic rings. The summed E-state index contributed by atoms with van der Waals surface area (Å²) in [6.45, 7) is 7.13. The maximum Gasteiger partial charge on any atom is 0.331 e. The number of carboxylic acid groups (broad SMARTS) is 1. The van der Waals surface area contributed by atoms with E-state index in [-0.39, 0.29) is 0 Å². The quantitative estimate of drug-likeness (QED) is 0.661. The van der Waals surface area contributed by atoms with Crippen LogP contribution >= 0.6 is 0 Å². The summed E-state index contributed by atoms with van der Waals surface area (Å²) in [5.41, 5.74) is 4.79. The number of amides is 1. The number of aryl methyl sites for hydroxylation is 4. The second kappa shape index (κ2) is 6.55. The molecule has 0 bridgehead atoms. The van der Waals surface area contributed by atoms with E-state index in [9.17, 15) is 14.7 Å². The summed E-state index contributed by atoms with van der Waals surface area (Å²) < 4.78 is 0. The highest BCUT2D eigenvalue weighted by Crippen LogP contribution is 2.21. The third-order valence-corrected chi connectivity index (χ3v) is 4.33. The predicted molar refractivity (Wildman–Crippen MR) is 94.9 cm³/mol. The lowest BCUT2D eigenvalue weighted by atomic mass is 10.0. The average Bonchev–Trinajstić information content (AvgIpc) is 2.91. The molecule has 8 nitrogen and oxygen atoms in total. The van der Waals surface area contributed by atoms with E-state index in [0.717, 1.165) is 11.4 Å². The highest BCUT2D eigenvalue weighted by Gasteiger charge is 2.27. The standard InChI is InChI=1S/C18H19N5O3/c1-8-9(2)20-14-7-12(5-6-13(14)19-8)17(24)21-16(18(25)26)15-10(3)22-23-11(15)4/h5-7,16H,1-4H3,(H,21,24)(H,22,23)(H,25,26)/t16-/m1/s1. The van der Waals surface area contributed by atoms with Crippen molar-refractivity contribution in [1.29, 1.82) is 0 Å². The molecule has 8 heteroatoms.